The lowest BCUT2D eigenvalue weighted by Crippen LogP contribution is -2.45. The molecule has 0 saturated heterocycles. The van der Waals surface area contributed by atoms with Crippen molar-refractivity contribution in [3.8, 4) is 5.75 Å². The minimum Gasteiger partial charge on any atom is -0.484 e. The van der Waals surface area contributed by atoms with E-state index in [4.69, 9.17) is 16.2 Å². The fourth-order valence-electron chi connectivity index (χ4n) is 3.36. The van der Waals surface area contributed by atoms with Gasteiger partial charge in [0.15, 0.2) is 6.61 Å². The van der Waals surface area contributed by atoms with Crippen molar-refractivity contribution < 1.29 is 19.1 Å². The number of pyridine rings is 1. The maximum atomic E-state index is 13.0. The third-order valence-electron chi connectivity index (χ3n) is 5.38. The fourth-order valence-corrected chi connectivity index (χ4v) is 3.36. The Bertz CT molecular complexity index is 1140. The van der Waals surface area contributed by atoms with E-state index < -0.39 is 17.8 Å². The molecule has 0 aliphatic heterocycles. The average Bonchev–Trinajstić information content (AvgIpc) is 2.91. The summed E-state index contributed by atoms with van der Waals surface area (Å²) in [6.07, 6.45) is 5.67. The second-order valence-electron chi connectivity index (χ2n) is 8.09. The summed E-state index contributed by atoms with van der Waals surface area (Å²) in [5, 5.41) is 2.83. The van der Waals surface area contributed by atoms with E-state index >= 15 is 0 Å². The molecule has 0 spiro atoms. The van der Waals surface area contributed by atoms with E-state index in [1.807, 2.05) is 36.4 Å². The molecule has 5 N–H and O–H groups in total. The van der Waals surface area contributed by atoms with Crippen LogP contribution >= 0.6 is 0 Å². The lowest BCUT2D eigenvalue weighted by atomic mass is 10.1. The molecule has 0 saturated carbocycles. The van der Waals surface area contributed by atoms with Crippen LogP contribution in [-0.4, -0.2) is 40.9 Å². The lowest BCUT2D eigenvalue weighted by molar-refractivity contribution is -0.125. The van der Waals surface area contributed by atoms with Crippen LogP contribution in [-0.2, 0) is 35.5 Å². The Morgan fingerprint density at radius 1 is 0.944 bits per heavy atom. The van der Waals surface area contributed by atoms with Crippen molar-refractivity contribution >= 4 is 17.8 Å². The van der Waals surface area contributed by atoms with E-state index in [2.05, 4.69) is 10.3 Å². The Morgan fingerprint density at radius 2 is 1.64 bits per heavy atom. The zero-order valence-corrected chi connectivity index (χ0v) is 19.9. The van der Waals surface area contributed by atoms with Crippen LogP contribution in [0.4, 0.5) is 4.79 Å². The Kier molecular flexibility index (Phi) is 9.96. The predicted octanol–water partition coefficient (Wildman–Crippen LogP) is 2.13. The summed E-state index contributed by atoms with van der Waals surface area (Å²) < 4.78 is 5.24. The minimum absolute atomic E-state index is 0.206. The summed E-state index contributed by atoms with van der Waals surface area (Å²) in [6, 6.07) is 17.8. The average molecular weight is 489 g/mol. The monoisotopic (exact) mass is 488 g/mol. The van der Waals surface area contributed by atoms with Gasteiger partial charge in [0.1, 0.15) is 5.75 Å². The lowest BCUT2D eigenvalue weighted by Gasteiger charge is -2.21. The van der Waals surface area contributed by atoms with Crippen molar-refractivity contribution in [1.82, 2.24) is 15.2 Å². The van der Waals surface area contributed by atoms with E-state index in [1.165, 1.54) is 11.3 Å². The summed E-state index contributed by atoms with van der Waals surface area (Å²) >= 11 is 0. The first-order valence-corrected chi connectivity index (χ1v) is 11.5. The number of urea groups is 1. The van der Waals surface area contributed by atoms with Crippen molar-refractivity contribution in [2.24, 2.45) is 11.5 Å². The Morgan fingerprint density at radius 3 is 2.28 bits per heavy atom. The maximum absolute atomic E-state index is 13.0. The molecule has 1 heterocycles. The number of nitrogens with two attached hydrogens (primary N) is 2. The molecule has 2 aromatic carbocycles. The molecule has 187 valence electrons. The SMILES string of the molecule is NCc1ccc(CNC(=O)N(CCc2cccnc2)C(=O)[CH]Cc2ccc(OCC(N)=O)cc2)cc1. The van der Waals surface area contributed by atoms with E-state index in [9.17, 15) is 14.4 Å². The van der Waals surface area contributed by atoms with Crippen LogP contribution in [0, 0.1) is 6.42 Å². The number of amides is 4. The molecule has 0 bridgehead atoms. The van der Waals surface area contributed by atoms with Crippen LogP contribution in [0.2, 0.25) is 0 Å². The first-order valence-electron chi connectivity index (χ1n) is 11.5. The van der Waals surface area contributed by atoms with E-state index in [-0.39, 0.29) is 19.7 Å². The molecule has 9 heteroatoms. The third kappa shape index (κ3) is 8.52. The second-order valence-corrected chi connectivity index (χ2v) is 8.09. The molecule has 0 fully saturated rings. The number of carbonyl (C=O) groups is 3. The number of primary amides is 1. The zero-order chi connectivity index (χ0) is 25.8. The summed E-state index contributed by atoms with van der Waals surface area (Å²) in [6.45, 7) is 0.732. The molecule has 0 aliphatic rings. The second kappa shape index (κ2) is 13.6. The van der Waals surface area contributed by atoms with Gasteiger partial charge in [-0.25, -0.2) is 4.79 Å². The van der Waals surface area contributed by atoms with Gasteiger partial charge in [-0.2, -0.15) is 0 Å². The van der Waals surface area contributed by atoms with Gasteiger partial charge in [0.2, 0.25) is 5.91 Å². The third-order valence-corrected chi connectivity index (χ3v) is 5.38. The fraction of sp³-hybridized carbons (Fsp3) is 0.222. The summed E-state index contributed by atoms with van der Waals surface area (Å²) in [5.41, 5.74) is 14.4. The van der Waals surface area contributed by atoms with Gasteiger partial charge in [-0.1, -0.05) is 42.5 Å². The topological polar surface area (TPSA) is 141 Å². The number of carbonyl (C=O) groups excluding carboxylic acids is 3. The van der Waals surface area contributed by atoms with Gasteiger partial charge < -0.3 is 21.5 Å². The highest BCUT2D eigenvalue weighted by Gasteiger charge is 2.21. The number of hydrogen-bond donors (Lipinski definition) is 3. The van der Waals surface area contributed by atoms with Crippen molar-refractivity contribution in [2.75, 3.05) is 13.2 Å². The van der Waals surface area contributed by atoms with Gasteiger partial charge in [0, 0.05) is 32.0 Å². The largest absolute Gasteiger partial charge is 0.484 e. The van der Waals surface area contributed by atoms with E-state index in [0.29, 0.717) is 25.1 Å². The van der Waals surface area contributed by atoms with Crippen LogP contribution in [0.3, 0.4) is 0 Å². The van der Waals surface area contributed by atoms with Crippen molar-refractivity contribution in [1.29, 1.82) is 0 Å². The Balaban J connectivity index is 1.60. The van der Waals surface area contributed by atoms with Gasteiger partial charge in [-0.15, -0.1) is 0 Å². The molecular weight excluding hydrogens is 458 g/mol. The first-order chi connectivity index (χ1) is 17.4. The van der Waals surface area contributed by atoms with Gasteiger partial charge in [0.25, 0.3) is 5.91 Å². The van der Waals surface area contributed by atoms with Crippen LogP contribution in [0.15, 0.2) is 73.1 Å². The number of rotatable bonds is 12. The highest BCUT2D eigenvalue weighted by atomic mass is 16.5. The van der Waals surface area contributed by atoms with E-state index in [0.717, 1.165) is 22.3 Å². The van der Waals surface area contributed by atoms with Crippen LogP contribution in [0.25, 0.3) is 0 Å². The predicted molar refractivity (Wildman–Crippen MR) is 135 cm³/mol. The normalized spacial score (nSPS) is 10.5. The van der Waals surface area contributed by atoms with Crippen molar-refractivity contribution in [3.63, 3.8) is 0 Å². The van der Waals surface area contributed by atoms with Gasteiger partial charge >= 0.3 is 6.03 Å². The summed E-state index contributed by atoms with van der Waals surface area (Å²) in [7, 11) is 0. The highest BCUT2D eigenvalue weighted by molar-refractivity contribution is 5.98. The van der Waals surface area contributed by atoms with Gasteiger partial charge in [-0.3, -0.25) is 19.5 Å². The minimum atomic E-state index is -0.560. The quantitative estimate of drug-likeness (QED) is 0.357. The molecule has 1 aromatic heterocycles. The van der Waals surface area contributed by atoms with Crippen molar-refractivity contribution in [2.45, 2.75) is 25.9 Å². The number of aromatic nitrogens is 1. The number of nitrogens with zero attached hydrogens (tertiary/aromatic N) is 2. The number of ether oxygens (including phenoxy) is 1. The van der Waals surface area contributed by atoms with Crippen LogP contribution in [0.5, 0.6) is 5.75 Å². The number of hydrogen-bond acceptors (Lipinski definition) is 6. The van der Waals surface area contributed by atoms with Crippen molar-refractivity contribution in [3.05, 3.63) is 102 Å². The standard InChI is InChI=1S/C27H30N5O4/c28-16-21-3-5-23(6-4-21)18-31-27(35)32(15-13-22-2-1-14-30-17-22)26(34)12-9-20-7-10-24(11-8-20)36-19-25(29)33/h1-8,10-12,14,17H,9,13,15-16,18-19,28H2,(H2,29,33)(H,31,35). The zero-order valence-electron chi connectivity index (χ0n) is 19.9. The Labute approximate surface area is 210 Å². The number of benzene rings is 2. The van der Waals surface area contributed by atoms with Crippen LogP contribution < -0.4 is 21.5 Å². The molecule has 1 radical (unpaired) electrons. The number of nitrogens with one attached hydrogen (secondary N) is 1. The molecule has 3 rings (SSSR count). The first kappa shape index (κ1) is 26.4. The molecular formula is C27H30N5O4. The molecule has 0 aliphatic carbocycles. The molecule has 3 aromatic rings. The Hall–Kier alpha value is -4.24. The maximum Gasteiger partial charge on any atom is 0.324 e. The molecule has 36 heavy (non-hydrogen) atoms. The highest BCUT2D eigenvalue weighted by Crippen LogP contribution is 2.14. The van der Waals surface area contributed by atoms with E-state index in [1.54, 1.807) is 36.7 Å². The molecule has 0 unspecified atom stereocenters. The molecule has 0 atom stereocenters. The van der Waals surface area contributed by atoms with Crippen LogP contribution in [0.1, 0.15) is 22.3 Å². The van der Waals surface area contributed by atoms with Gasteiger partial charge in [0.05, 0.1) is 6.42 Å². The summed E-state index contributed by atoms with van der Waals surface area (Å²) in [4.78, 5) is 42.1. The van der Waals surface area contributed by atoms with Gasteiger partial charge in [-0.05, 0) is 53.3 Å². The molecule has 9 nitrogen and oxygen atoms in total. The smallest absolute Gasteiger partial charge is 0.324 e. The molecule has 4 amide bonds. The number of imide groups is 1. The summed E-state index contributed by atoms with van der Waals surface area (Å²) in [5.74, 6) is -0.458.